The number of benzene rings is 1. The maximum absolute atomic E-state index is 11.8. The van der Waals surface area contributed by atoms with E-state index < -0.39 is 16.8 Å². The Morgan fingerprint density at radius 1 is 1.28 bits per heavy atom. The van der Waals surface area contributed by atoms with Gasteiger partial charge in [0, 0.05) is 11.6 Å². The topological polar surface area (TPSA) is 101 Å². The maximum Gasteiger partial charge on any atom is 0.433 e. The Hall–Kier alpha value is -2.81. The molecule has 1 heterocycles. The van der Waals surface area contributed by atoms with Gasteiger partial charge in [0.25, 0.3) is 0 Å². The number of halogens is 1. The van der Waals surface area contributed by atoms with Crippen molar-refractivity contribution < 1.29 is 28.3 Å². The van der Waals surface area contributed by atoms with Crippen LogP contribution in [-0.2, 0) is 16.1 Å². The summed E-state index contributed by atoms with van der Waals surface area (Å²) in [5, 5.41) is 10.5. The van der Waals surface area contributed by atoms with Crippen molar-refractivity contribution in [2.75, 3.05) is 14.2 Å². The Bertz CT molecular complexity index is 813. The molecule has 2 rings (SSSR count). The van der Waals surface area contributed by atoms with Gasteiger partial charge >= 0.3 is 11.9 Å². The number of carbonyl (C=O) groups excluding carboxylic acids is 1. The van der Waals surface area contributed by atoms with Crippen molar-refractivity contribution >= 4 is 33.9 Å². The Morgan fingerprint density at radius 2 is 2.00 bits per heavy atom. The van der Waals surface area contributed by atoms with E-state index in [2.05, 4.69) is 15.9 Å². The third-order valence-electron chi connectivity index (χ3n) is 3.10. The number of furan rings is 1. The molecule has 0 radical (unpaired) electrons. The molecule has 0 aliphatic rings. The maximum atomic E-state index is 11.8. The van der Waals surface area contributed by atoms with Crippen LogP contribution in [0.25, 0.3) is 6.08 Å². The van der Waals surface area contributed by atoms with Crippen molar-refractivity contribution in [1.82, 2.24) is 0 Å². The zero-order chi connectivity index (χ0) is 18.4. The lowest BCUT2D eigenvalue weighted by Gasteiger charge is -2.12. The highest BCUT2D eigenvalue weighted by Gasteiger charge is 2.12. The van der Waals surface area contributed by atoms with E-state index in [9.17, 15) is 14.9 Å². The summed E-state index contributed by atoms with van der Waals surface area (Å²) < 4.78 is 21.2. The van der Waals surface area contributed by atoms with E-state index in [1.807, 2.05) is 0 Å². The average molecular weight is 412 g/mol. The minimum atomic E-state index is -0.664. The molecule has 2 aromatic rings. The number of hydrogen-bond donors (Lipinski definition) is 0. The molecule has 9 heteroatoms. The van der Waals surface area contributed by atoms with Crippen molar-refractivity contribution in [1.29, 1.82) is 0 Å². The molecule has 25 heavy (non-hydrogen) atoms. The van der Waals surface area contributed by atoms with Gasteiger partial charge in [-0.3, -0.25) is 10.1 Å². The van der Waals surface area contributed by atoms with Crippen molar-refractivity contribution in [3.05, 3.63) is 56.3 Å². The quantitative estimate of drug-likeness (QED) is 0.296. The zero-order valence-corrected chi connectivity index (χ0v) is 14.9. The summed E-state index contributed by atoms with van der Waals surface area (Å²) in [4.78, 5) is 21.6. The van der Waals surface area contributed by atoms with E-state index in [-0.39, 0.29) is 12.4 Å². The highest BCUT2D eigenvalue weighted by atomic mass is 79.9. The number of nitro groups is 1. The number of carbonyl (C=O) groups is 1. The van der Waals surface area contributed by atoms with Crippen molar-refractivity contribution in [2.45, 2.75) is 6.61 Å². The predicted octanol–water partition coefficient (Wildman–Crippen LogP) is 3.72. The fraction of sp³-hybridized carbons (Fsp3) is 0.188. The summed E-state index contributed by atoms with van der Waals surface area (Å²) in [7, 11) is 3.02. The molecule has 8 nitrogen and oxygen atoms in total. The highest BCUT2D eigenvalue weighted by Crippen LogP contribution is 2.33. The van der Waals surface area contributed by atoms with Gasteiger partial charge in [0.05, 0.1) is 24.8 Å². The number of nitrogens with zero attached hydrogens (tertiary/aromatic N) is 1. The molecular weight excluding hydrogens is 398 g/mol. The summed E-state index contributed by atoms with van der Waals surface area (Å²) in [6, 6.07) is 5.98. The molecule has 0 N–H and O–H groups in total. The fourth-order valence-electron chi connectivity index (χ4n) is 1.91. The summed E-state index contributed by atoms with van der Waals surface area (Å²) in [6.45, 7) is -0.0334. The first-order chi connectivity index (χ1) is 11.9. The van der Waals surface area contributed by atoms with E-state index in [0.29, 0.717) is 21.5 Å². The minimum absolute atomic E-state index is 0.0334. The molecule has 1 aromatic heterocycles. The van der Waals surface area contributed by atoms with Gasteiger partial charge in [0.2, 0.25) is 0 Å². The van der Waals surface area contributed by atoms with Crippen LogP contribution in [0.3, 0.4) is 0 Å². The monoisotopic (exact) mass is 411 g/mol. The molecule has 0 unspecified atom stereocenters. The summed E-state index contributed by atoms with van der Waals surface area (Å²) in [5.41, 5.74) is 0.623. The van der Waals surface area contributed by atoms with Gasteiger partial charge in [-0.1, -0.05) is 0 Å². The molecule has 0 saturated heterocycles. The Labute approximate surface area is 151 Å². The number of rotatable bonds is 7. The molecule has 0 fully saturated rings. The Balaban J connectivity index is 2.01. The molecule has 1 aromatic carbocycles. The first-order valence-corrected chi connectivity index (χ1v) is 7.73. The van der Waals surface area contributed by atoms with Gasteiger partial charge in [0.15, 0.2) is 0 Å². The van der Waals surface area contributed by atoms with Crippen LogP contribution >= 0.6 is 15.9 Å². The van der Waals surface area contributed by atoms with E-state index >= 15 is 0 Å². The molecule has 0 saturated carbocycles. The lowest BCUT2D eigenvalue weighted by atomic mass is 10.2. The minimum Gasteiger partial charge on any atom is -0.496 e. The molecule has 0 bridgehead atoms. The van der Waals surface area contributed by atoms with Gasteiger partial charge in [-0.2, -0.15) is 0 Å². The first-order valence-electron chi connectivity index (χ1n) is 6.94. The smallest absolute Gasteiger partial charge is 0.433 e. The normalized spacial score (nSPS) is 10.7. The van der Waals surface area contributed by atoms with Crippen LogP contribution in [0.5, 0.6) is 11.5 Å². The second-order valence-corrected chi connectivity index (χ2v) is 5.53. The molecule has 0 aliphatic heterocycles. The summed E-state index contributed by atoms with van der Waals surface area (Å²) >= 11 is 3.34. The summed E-state index contributed by atoms with van der Waals surface area (Å²) in [6.07, 6.45) is 2.40. The van der Waals surface area contributed by atoms with Crippen LogP contribution in [0, 0.1) is 10.1 Å². The van der Waals surface area contributed by atoms with Crippen LogP contribution in [-0.4, -0.2) is 25.1 Å². The fourth-order valence-corrected chi connectivity index (χ4v) is 2.40. The second-order valence-electron chi connectivity index (χ2n) is 4.67. The molecule has 0 amide bonds. The van der Waals surface area contributed by atoms with Crippen molar-refractivity contribution in [2.24, 2.45) is 0 Å². The van der Waals surface area contributed by atoms with Gasteiger partial charge in [-0.05, 0) is 40.2 Å². The van der Waals surface area contributed by atoms with Gasteiger partial charge in [-0.25, -0.2) is 4.79 Å². The third-order valence-corrected chi connectivity index (χ3v) is 3.72. The Kier molecular flexibility index (Phi) is 6.18. The van der Waals surface area contributed by atoms with Crippen molar-refractivity contribution in [3.63, 3.8) is 0 Å². The lowest BCUT2D eigenvalue weighted by Crippen LogP contribution is -2.03. The molecule has 0 aliphatic carbocycles. The number of methoxy groups -OCH3 is 2. The number of hydrogen-bond acceptors (Lipinski definition) is 7. The molecular formula is C16H14BrNO7. The largest absolute Gasteiger partial charge is 0.496 e. The van der Waals surface area contributed by atoms with Gasteiger partial charge < -0.3 is 18.6 Å². The SMILES string of the molecule is COc1cc(COC(=O)/C=C/c2ccc([N+](=O)[O-])o2)c(OC)cc1Br. The zero-order valence-electron chi connectivity index (χ0n) is 13.4. The predicted molar refractivity (Wildman–Crippen MR) is 91.4 cm³/mol. The second kappa shape index (κ2) is 8.34. The average Bonchev–Trinajstić information content (AvgIpc) is 3.07. The van der Waals surface area contributed by atoms with Crippen LogP contribution < -0.4 is 9.47 Å². The van der Waals surface area contributed by atoms with E-state index in [1.54, 1.807) is 12.1 Å². The van der Waals surface area contributed by atoms with Gasteiger partial charge in [-0.15, -0.1) is 0 Å². The lowest BCUT2D eigenvalue weighted by molar-refractivity contribution is -0.402. The number of ether oxygens (including phenoxy) is 3. The van der Waals surface area contributed by atoms with Gasteiger partial charge in [0.1, 0.15) is 28.8 Å². The molecule has 132 valence electrons. The summed E-state index contributed by atoms with van der Waals surface area (Å²) in [5.74, 6) is 0.241. The van der Waals surface area contributed by atoms with E-state index in [0.717, 1.165) is 6.08 Å². The Morgan fingerprint density at radius 3 is 2.60 bits per heavy atom. The standard InChI is InChI=1S/C16H14BrNO7/c1-22-13-8-12(17)14(23-2)7-10(13)9-24-16(19)6-4-11-3-5-15(25-11)18(20)21/h3-8H,9H2,1-2H3/b6-4+. The highest BCUT2D eigenvalue weighted by molar-refractivity contribution is 9.10. The molecule has 0 spiro atoms. The third kappa shape index (κ3) is 4.83. The van der Waals surface area contributed by atoms with Crippen molar-refractivity contribution in [3.8, 4) is 11.5 Å². The first kappa shape index (κ1) is 18.5. The van der Waals surface area contributed by atoms with Crippen LogP contribution in [0.1, 0.15) is 11.3 Å². The number of esters is 1. The van der Waals surface area contributed by atoms with Crippen LogP contribution in [0.2, 0.25) is 0 Å². The van der Waals surface area contributed by atoms with E-state index in [4.69, 9.17) is 18.6 Å². The van der Waals surface area contributed by atoms with E-state index in [1.165, 1.54) is 32.4 Å². The van der Waals surface area contributed by atoms with Crippen LogP contribution in [0.15, 0.2) is 39.2 Å². The molecule has 0 atom stereocenters. The van der Waals surface area contributed by atoms with Crippen LogP contribution in [0.4, 0.5) is 5.88 Å².